The lowest BCUT2D eigenvalue weighted by Crippen LogP contribution is -2.27. The van der Waals surface area contributed by atoms with E-state index in [1.54, 1.807) is 53.4 Å². The van der Waals surface area contributed by atoms with E-state index in [1.165, 1.54) is 11.8 Å². The number of hydrogen-bond donors (Lipinski definition) is 1. The zero-order valence-corrected chi connectivity index (χ0v) is 23.2. The van der Waals surface area contributed by atoms with Gasteiger partial charge in [-0.1, -0.05) is 84.1 Å². The zero-order valence-electron chi connectivity index (χ0n) is 20.8. The van der Waals surface area contributed by atoms with Crippen LogP contribution in [-0.2, 0) is 9.59 Å². The fraction of sp³-hybridized carbons (Fsp3) is 0.100. The van der Waals surface area contributed by atoms with Crippen LogP contribution in [0.4, 0.5) is 11.4 Å². The van der Waals surface area contributed by atoms with Crippen LogP contribution in [0.15, 0.2) is 89.8 Å². The van der Waals surface area contributed by atoms with Gasteiger partial charge in [-0.25, -0.2) is 0 Å². The maximum absolute atomic E-state index is 13.4. The van der Waals surface area contributed by atoms with E-state index >= 15 is 0 Å². The summed E-state index contributed by atoms with van der Waals surface area (Å²) in [6.45, 7) is 2.05. The number of thioether (sulfide) groups is 1. The van der Waals surface area contributed by atoms with Crippen LogP contribution in [0.5, 0.6) is 11.5 Å². The zero-order chi connectivity index (χ0) is 27.4. The number of nitrogens with one attached hydrogen (secondary N) is 1. The first-order chi connectivity index (χ1) is 18.9. The fourth-order valence-electron chi connectivity index (χ4n) is 4.14. The molecule has 1 fully saturated rings. The molecule has 0 atom stereocenters. The van der Waals surface area contributed by atoms with Crippen LogP contribution in [0.2, 0.25) is 5.02 Å². The average molecular weight is 575 g/mol. The molecule has 2 amide bonds. The molecule has 9 heteroatoms. The van der Waals surface area contributed by atoms with Crippen LogP contribution in [0, 0.1) is 0 Å². The largest absolute Gasteiger partial charge is 0.490 e. The van der Waals surface area contributed by atoms with E-state index in [9.17, 15) is 9.59 Å². The van der Waals surface area contributed by atoms with Gasteiger partial charge in [0.15, 0.2) is 22.4 Å². The van der Waals surface area contributed by atoms with Crippen molar-refractivity contribution in [1.82, 2.24) is 0 Å². The Morgan fingerprint density at radius 3 is 2.62 bits per heavy atom. The number of amides is 2. The summed E-state index contributed by atoms with van der Waals surface area (Å²) in [5, 5.41) is 5.26. The van der Waals surface area contributed by atoms with Crippen LogP contribution in [0.3, 0.4) is 0 Å². The second kappa shape index (κ2) is 11.9. The topological polar surface area (TPSA) is 67.9 Å². The molecule has 1 aliphatic heterocycles. The predicted molar refractivity (Wildman–Crippen MR) is 163 cm³/mol. The van der Waals surface area contributed by atoms with E-state index in [2.05, 4.69) is 5.32 Å². The average Bonchev–Trinajstić information content (AvgIpc) is 3.20. The Morgan fingerprint density at radius 1 is 1.00 bits per heavy atom. The minimum absolute atomic E-state index is 0.183. The second-order valence-corrected chi connectivity index (χ2v) is 10.6. The van der Waals surface area contributed by atoms with Crippen LogP contribution in [-0.4, -0.2) is 29.3 Å². The standard InChI is InChI=1S/C30H23ClN2O4S2/c1-2-36-26-15-19(13-14-25(26)37-18-28(34)32-22-10-6-9-21(31)17-22)16-27-29(35)33(30(38)39-27)24-12-5-8-20-7-3-4-11-23(20)24/h3-17H,2,18H2,1H3,(H,32,34)/b27-16-. The van der Waals surface area contributed by atoms with E-state index in [0.29, 0.717) is 38.0 Å². The van der Waals surface area contributed by atoms with E-state index in [1.807, 2.05) is 49.4 Å². The van der Waals surface area contributed by atoms with Crippen molar-refractivity contribution in [3.63, 3.8) is 0 Å². The Hall–Kier alpha value is -3.85. The number of thiocarbonyl (C=S) groups is 1. The maximum Gasteiger partial charge on any atom is 0.270 e. The SMILES string of the molecule is CCOc1cc(/C=C2\SC(=S)N(c3cccc4ccccc34)C2=O)ccc1OCC(=O)Nc1cccc(Cl)c1. The minimum Gasteiger partial charge on any atom is -0.490 e. The Bertz CT molecular complexity index is 1620. The van der Waals surface area contributed by atoms with Gasteiger partial charge in [0.05, 0.1) is 17.2 Å². The number of anilines is 2. The number of carbonyl (C=O) groups is 2. The van der Waals surface area contributed by atoms with Crippen molar-refractivity contribution in [2.24, 2.45) is 0 Å². The van der Waals surface area contributed by atoms with Gasteiger partial charge in [0.2, 0.25) is 0 Å². The molecule has 1 N–H and O–H groups in total. The molecule has 6 nitrogen and oxygen atoms in total. The summed E-state index contributed by atoms with van der Waals surface area (Å²) in [4.78, 5) is 27.9. The van der Waals surface area contributed by atoms with Crippen molar-refractivity contribution in [3.05, 3.63) is 100 Å². The Labute approximate surface area is 240 Å². The molecule has 1 saturated heterocycles. The molecule has 5 rings (SSSR count). The van der Waals surface area contributed by atoms with E-state index in [-0.39, 0.29) is 18.4 Å². The first kappa shape index (κ1) is 26.7. The summed E-state index contributed by atoms with van der Waals surface area (Å²) in [6.07, 6.45) is 1.78. The quantitative estimate of drug-likeness (QED) is 0.176. The van der Waals surface area contributed by atoms with Crippen LogP contribution in [0.25, 0.3) is 16.8 Å². The van der Waals surface area contributed by atoms with Crippen molar-refractivity contribution in [3.8, 4) is 11.5 Å². The Morgan fingerprint density at radius 2 is 1.79 bits per heavy atom. The van der Waals surface area contributed by atoms with Gasteiger partial charge in [-0.3, -0.25) is 14.5 Å². The molecule has 1 aliphatic rings. The molecule has 0 spiro atoms. The lowest BCUT2D eigenvalue weighted by Gasteiger charge is -2.17. The van der Waals surface area contributed by atoms with Gasteiger partial charge < -0.3 is 14.8 Å². The highest BCUT2D eigenvalue weighted by Gasteiger charge is 2.34. The number of fused-ring (bicyclic) bond motifs is 1. The number of benzene rings is 4. The molecule has 196 valence electrons. The molecule has 4 aromatic carbocycles. The van der Waals surface area contributed by atoms with Gasteiger partial charge in [0.25, 0.3) is 11.8 Å². The number of nitrogens with zero attached hydrogens (tertiary/aromatic N) is 1. The van der Waals surface area contributed by atoms with Gasteiger partial charge in [0, 0.05) is 16.1 Å². The number of hydrogen-bond acceptors (Lipinski definition) is 6. The summed E-state index contributed by atoms with van der Waals surface area (Å²) >= 11 is 12.8. The van der Waals surface area contributed by atoms with E-state index in [0.717, 1.165) is 22.0 Å². The third kappa shape index (κ3) is 6.09. The highest BCUT2D eigenvalue weighted by atomic mass is 35.5. The van der Waals surface area contributed by atoms with Gasteiger partial charge in [-0.15, -0.1) is 0 Å². The van der Waals surface area contributed by atoms with Crippen molar-refractivity contribution in [2.75, 3.05) is 23.4 Å². The Balaban J connectivity index is 1.33. The summed E-state index contributed by atoms with van der Waals surface area (Å²) in [7, 11) is 0. The molecular formula is C30H23ClN2O4S2. The van der Waals surface area contributed by atoms with Crippen LogP contribution >= 0.6 is 35.6 Å². The molecule has 1 heterocycles. The second-order valence-electron chi connectivity index (χ2n) is 8.50. The first-order valence-corrected chi connectivity index (χ1v) is 13.7. The Kier molecular flexibility index (Phi) is 8.16. The monoisotopic (exact) mass is 574 g/mol. The molecule has 0 unspecified atom stereocenters. The predicted octanol–water partition coefficient (Wildman–Crippen LogP) is 7.32. The molecule has 0 radical (unpaired) electrons. The number of ether oxygens (including phenoxy) is 2. The van der Waals surface area contributed by atoms with Gasteiger partial charge >= 0.3 is 0 Å². The van der Waals surface area contributed by atoms with Crippen LogP contribution in [0.1, 0.15) is 12.5 Å². The van der Waals surface area contributed by atoms with Crippen LogP contribution < -0.4 is 19.7 Å². The first-order valence-electron chi connectivity index (χ1n) is 12.1. The molecule has 0 aliphatic carbocycles. The lowest BCUT2D eigenvalue weighted by molar-refractivity contribution is -0.118. The van der Waals surface area contributed by atoms with Crippen molar-refractivity contribution < 1.29 is 19.1 Å². The summed E-state index contributed by atoms with van der Waals surface area (Å²) in [5.41, 5.74) is 2.08. The number of rotatable bonds is 8. The van der Waals surface area contributed by atoms with Crippen molar-refractivity contribution in [1.29, 1.82) is 0 Å². The van der Waals surface area contributed by atoms with Gasteiger partial charge in [-0.05, 0) is 60.3 Å². The molecule has 0 bridgehead atoms. The fourth-order valence-corrected chi connectivity index (χ4v) is 5.61. The number of halogens is 1. The molecule has 0 saturated carbocycles. The molecule has 0 aromatic heterocycles. The van der Waals surface area contributed by atoms with Gasteiger partial charge in [0.1, 0.15) is 0 Å². The lowest BCUT2D eigenvalue weighted by atomic mass is 10.1. The van der Waals surface area contributed by atoms with Crippen molar-refractivity contribution in [2.45, 2.75) is 6.92 Å². The highest BCUT2D eigenvalue weighted by molar-refractivity contribution is 8.27. The summed E-state index contributed by atoms with van der Waals surface area (Å²) < 4.78 is 12.0. The third-order valence-corrected chi connectivity index (χ3v) is 7.37. The summed E-state index contributed by atoms with van der Waals surface area (Å²) in [6, 6.07) is 25.9. The minimum atomic E-state index is -0.332. The van der Waals surface area contributed by atoms with E-state index in [4.69, 9.17) is 33.3 Å². The number of carbonyl (C=O) groups excluding carboxylic acids is 2. The molecule has 39 heavy (non-hydrogen) atoms. The van der Waals surface area contributed by atoms with E-state index < -0.39 is 0 Å². The smallest absolute Gasteiger partial charge is 0.270 e. The summed E-state index contributed by atoms with van der Waals surface area (Å²) in [5.74, 6) is 0.364. The molecule has 4 aromatic rings. The third-order valence-electron chi connectivity index (χ3n) is 5.83. The maximum atomic E-state index is 13.4. The normalized spacial score (nSPS) is 14.2. The molecular weight excluding hydrogens is 552 g/mol. The van der Waals surface area contributed by atoms with Crippen molar-refractivity contribution >= 4 is 79.9 Å². The highest BCUT2D eigenvalue weighted by Crippen LogP contribution is 2.39. The van der Waals surface area contributed by atoms with Gasteiger partial charge in [-0.2, -0.15) is 0 Å².